The Kier molecular flexibility index (Phi) is 6.83. The van der Waals surface area contributed by atoms with Crippen molar-refractivity contribution in [3.05, 3.63) is 17.0 Å². The number of esters is 1. The molecule has 0 radical (unpaired) electrons. The van der Waals surface area contributed by atoms with Gasteiger partial charge in [-0.2, -0.15) is 13.2 Å². The summed E-state index contributed by atoms with van der Waals surface area (Å²) in [5.41, 5.74) is 0.149. The average molecular weight is 382 g/mol. The number of hydrogen-bond donors (Lipinski definition) is 0. The lowest BCUT2D eigenvalue weighted by atomic mass is 9.97. The Balaban J connectivity index is 1.94. The molecule has 1 fully saturated rings. The van der Waals surface area contributed by atoms with E-state index in [0.717, 1.165) is 0 Å². The lowest BCUT2D eigenvalue weighted by molar-refractivity contribution is -0.176. The van der Waals surface area contributed by atoms with Crippen LogP contribution in [0.1, 0.15) is 25.5 Å². The summed E-state index contributed by atoms with van der Waals surface area (Å²) >= 11 is 5.87. The van der Waals surface area contributed by atoms with E-state index in [2.05, 4.69) is 14.7 Å². The standard InChI is InChI=1S/C15H19ClF3N3O3/c1-2-25-14(23)10-3-5-22(6-4-10)12-7-20-13(16)11(21-12)8-24-9-15(17,18)19/h7,10H,2-6,8-9H2,1H3. The molecule has 140 valence electrons. The summed E-state index contributed by atoms with van der Waals surface area (Å²) in [5.74, 6) is 0.147. The van der Waals surface area contributed by atoms with Gasteiger partial charge in [0.25, 0.3) is 0 Å². The van der Waals surface area contributed by atoms with E-state index in [-0.39, 0.29) is 29.3 Å². The van der Waals surface area contributed by atoms with Crippen molar-refractivity contribution in [2.75, 3.05) is 31.2 Å². The Bertz CT molecular complexity index is 593. The molecule has 2 heterocycles. The fourth-order valence-electron chi connectivity index (χ4n) is 2.51. The van der Waals surface area contributed by atoms with Crippen molar-refractivity contribution in [3.8, 4) is 0 Å². The van der Waals surface area contributed by atoms with Crippen LogP contribution < -0.4 is 4.90 Å². The van der Waals surface area contributed by atoms with Crippen molar-refractivity contribution in [2.24, 2.45) is 5.92 Å². The predicted molar refractivity (Wildman–Crippen MR) is 84.3 cm³/mol. The number of piperidine rings is 1. The number of rotatable bonds is 6. The van der Waals surface area contributed by atoms with E-state index < -0.39 is 12.8 Å². The maximum absolute atomic E-state index is 12.1. The maximum Gasteiger partial charge on any atom is 0.411 e. The third-order valence-electron chi connectivity index (χ3n) is 3.72. The second-order valence-corrected chi connectivity index (χ2v) is 5.95. The monoisotopic (exact) mass is 381 g/mol. The number of anilines is 1. The lowest BCUT2D eigenvalue weighted by Gasteiger charge is -2.31. The molecular formula is C15H19ClF3N3O3. The van der Waals surface area contributed by atoms with E-state index in [1.54, 1.807) is 6.92 Å². The molecule has 0 atom stereocenters. The molecule has 25 heavy (non-hydrogen) atoms. The maximum atomic E-state index is 12.1. The number of halogens is 4. The first-order valence-electron chi connectivity index (χ1n) is 7.87. The first kappa shape index (κ1) is 19.7. The second kappa shape index (κ2) is 8.66. The molecule has 1 aromatic rings. The zero-order valence-electron chi connectivity index (χ0n) is 13.7. The summed E-state index contributed by atoms with van der Waals surface area (Å²) in [4.78, 5) is 21.9. The van der Waals surface area contributed by atoms with E-state index >= 15 is 0 Å². The molecule has 0 saturated carbocycles. The van der Waals surface area contributed by atoms with Gasteiger partial charge in [0.05, 0.1) is 25.3 Å². The largest absolute Gasteiger partial charge is 0.466 e. The molecule has 0 N–H and O–H groups in total. The fraction of sp³-hybridized carbons (Fsp3) is 0.667. The van der Waals surface area contributed by atoms with E-state index in [4.69, 9.17) is 16.3 Å². The Morgan fingerprint density at radius 2 is 2.08 bits per heavy atom. The molecule has 1 aliphatic heterocycles. The zero-order chi connectivity index (χ0) is 18.4. The number of alkyl halides is 3. The Hall–Kier alpha value is -1.61. The van der Waals surface area contributed by atoms with Crippen LogP contribution in [0.5, 0.6) is 0 Å². The molecule has 0 spiro atoms. The van der Waals surface area contributed by atoms with E-state index in [1.807, 2.05) is 4.90 Å². The number of carbonyl (C=O) groups excluding carboxylic acids is 1. The minimum atomic E-state index is -4.41. The number of carbonyl (C=O) groups is 1. The van der Waals surface area contributed by atoms with Crippen LogP contribution in [0, 0.1) is 5.92 Å². The summed E-state index contributed by atoms with van der Waals surface area (Å²) in [5, 5.41) is 0.00679. The molecule has 0 unspecified atom stereocenters. The van der Waals surface area contributed by atoms with Gasteiger partial charge < -0.3 is 14.4 Å². The van der Waals surface area contributed by atoms with Crippen LogP contribution in [0.2, 0.25) is 5.15 Å². The lowest BCUT2D eigenvalue weighted by Crippen LogP contribution is -2.37. The van der Waals surface area contributed by atoms with Gasteiger partial charge in [-0.25, -0.2) is 9.97 Å². The highest BCUT2D eigenvalue weighted by Crippen LogP contribution is 2.24. The van der Waals surface area contributed by atoms with Crippen LogP contribution in [0.3, 0.4) is 0 Å². The number of nitrogens with zero attached hydrogens (tertiary/aromatic N) is 3. The third-order valence-corrected chi connectivity index (χ3v) is 4.04. The molecule has 0 bridgehead atoms. The molecule has 1 saturated heterocycles. The predicted octanol–water partition coefficient (Wildman–Crippen LogP) is 2.99. The summed E-state index contributed by atoms with van der Waals surface area (Å²) in [6, 6.07) is 0. The van der Waals surface area contributed by atoms with Crippen molar-refractivity contribution in [1.29, 1.82) is 0 Å². The van der Waals surface area contributed by atoms with Gasteiger partial charge in [0.2, 0.25) is 0 Å². The summed E-state index contributed by atoms with van der Waals surface area (Å²) in [6.45, 7) is 1.51. The van der Waals surface area contributed by atoms with Gasteiger partial charge in [0.1, 0.15) is 18.1 Å². The Morgan fingerprint density at radius 1 is 1.40 bits per heavy atom. The van der Waals surface area contributed by atoms with E-state index in [9.17, 15) is 18.0 Å². The van der Waals surface area contributed by atoms with Crippen molar-refractivity contribution in [1.82, 2.24) is 9.97 Å². The first-order valence-corrected chi connectivity index (χ1v) is 8.25. The quantitative estimate of drug-likeness (QED) is 0.706. The fourth-order valence-corrected chi connectivity index (χ4v) is 2.66. The highest BCUT2D eigenvalue weighted by molar-refractivity contribution is 6.30. The van der Waals surface area contributed by atoms with Gasteiger partial charge in [-0.15, -0.1) is 0 Å². The first-order chi connectivity index (χ1) is 11.8. The van der Waals surface area contributed by atoms with Crippen LogP contribution in [-0.2, 0) is 20.9 Å². The van der Waals surface area contributed by atoms with E-state index in [1.165, 1.54) is 6.20 Å². The smallest absolute Gasteiger partial charge is 0.411 e. The SMILES string of the molecule is CCOC(=O)C1CCN(c2cnc(Cl)c(COCC(F)(F)F)n2)CC1. The van der Waals surface area contributed by atoms with Crippen LogP contribution in [-0.4, -0.2) is 48.4 Å². The van der Waals surface area contributed by atoms with Gasteiger partial charge >= 0.3 is 12.1 Å². The second-order valence-electron chi connectivity index (χ2n) is 5.59. The van der Waals surface area contributed by atoms with Crippen molar-refractivity contribution >= 4 is 23.4 Å². The van der Waals surface area contributed by atoms with Crippen LogP contribution in [0.4, 0.5) is 19.0 Å². The molecular weight excluding hydrogens is 363 g/mol. The molecule has 2 rings (SSSR count). The topological polar surface area (TPSA) is 64.5 Å². The summed E-state index contributed by atoms with van der Waals surface area (Å²) in [7, 11) is 0. The zero-order valence-corrected chi connectivity index (χ0v) is 14.4. The highest BCUT2D eigenvalue weighted by atomic mass is 35.5. The van der Waals surface area contributed by atoms with Crippen molar-refractivity contribution in [2.45, 2.75) is 32.5 Å². The number of hydrogen-bond acceptors (Lipinski definition) is 6. The minimum absolute atomic E-state index is 0.00679. The van der Waals surface area contributed by atoms with E-state index in [0.29, 0.717) is 38.4 Å². The van der Waals surface area contributed by atoms with Crippen LogP contribution in [0.15, 0.2) is 6.20 Å². The van der Waals surface area contributed by atoms with Gasteiger partial charge in [0, 0.05) is 13.1 Å². The van der Waals surface area contributed by atoms with Crippen LogP contribution in [0.25, 0.3) is 0 Å². The summed E-state index contributed by atoms with van der Waals surface area (Å²) in [6.07, 6.45) is -1.72. The van der Waals surface area contributed by atoms with Gasteiger partial charge in [0.15, 0.2) is 5.15 Å². The van der Waals surface area contributed by atoms with Gasteiger partial charge in [-0.05, 0) is 19.8 Å². The van der Waals surface area contributed by atoms with Crippen molar-refractivity contribution < 1.29 is 27.4 Å². The number of aromatic nitrogens is 2. The summed E-state index contributed by atoms with van der Waals surface area (Å²) < 4.78 is 46.0. The van der Waals surface area contributed by atoms with Gasteiger partial charge in [-0.1, -0.05) is 11.6 Å². The molecule has 0 amide bonds. The molecule has 1 aromatic heterocycles. The Morgan fingerprint density at radius 3 is 2.68 bits per heavy atom. The van der Waals surface area contributed by atoms with Gasteiger partial charge in [-0.3, -0.25) is 4.79 Å². The van der Waals surface area contributed by atoms with Crippen LogP contribution >= 0.6 is 11.6 Å². The third kappa shape index (κ3) is 6.00. The Labute approximate surface area is 148 Å². The highest BCUT2D eigenvalue weighted by Gasteiger charge is 2.28. The average Bonchev–Trinajstić information content (AvgIpc) is 2.56. The number of ether oxygens (including phenoxy) is 2. The molecule has 0 aliphatic carbocycles. The molecule has 1 aliphatic rings. The molecule has 0 aromatic carbocycles. The normalized spacial score (nSPS) is 16.1. The molecule has 10 heteroatoms. The minimum Gasteiger partial charge on any atom is -0.466 e. The molecule has 6 nitrogen and oxygen atoms in total. The van der Waals surface area contributed by atoms with Crippen molar-refractivity contribution in [3.63, 3.8) is 0 Å².